The Morgan fingerprint density at radius 1 is 1.15 bits per heavy atom. The van der Waals surface area contributed by atoms with Crippen LogP contribution >= 0.6 is 0 Å². The zero-order valence-corrected chi connectivity index (χ0v) is 11.4. The van der Waals surface area contributed by atoms with Gasteiger partial charge < -0.3 is 20.4 Å². The summed E-state index contributed by atoms with van der Waals surface area (Å²) in [5.41, 5.74) is 9.86. The Morgan fingerprint density at radius 2 is 1.95 bits per heavy atom. The van der Waals surface area contributed by atoms with Gasteiger partial charge in [0.1, 0.15) is 5.52 Å². The number of para-hydroxylation sites is 1. The van der Waals surface area contributed by atoms with Crippen LogP contribution in [0.1, 0.15) is 0 Å². The third-order valence-corrected chi connectivity index (χ3v) is 3.06. The third-order valence-electron chi connectivity index (χ3n) is 3.06. The van der Waals surface area contributed by atoms with Crippen molar-refractivity contribution in [3.05, 3.63) is 42.5 Å². The van der Waals surface area contributed by atoms with E-state index in [1.807, 2.05) is 55.4 Å². The van der Waals surface area contributed by atoms with Crippen molar-refractivity contribution in [1.82, 2.24) is 4.98 Å². The van der Waals surface area contributed by atoms with Crippen molar-refractivity contribution < 1.29 is 4.42 Å². The minimum Gasteiger partial charge on any atom is -0.423 e. The Hall–Kier alpha value is -2.69. The average molecular weight is 268 g/mol. The lowest BCUT2D eigenvalue weighted by molar-refractivity contribution is 0.623. The first kappa shape index (κ1) is 12.3. The van der Waals surface area contributed by atoms with Crippen molar-refractivity contribution in [1.29, 1.82) is 0 Å². The van der Waals surface area contributed by atoms with E-state index in [0.717, 1.165) is 11.4 Å². The number of nitrogen functional groups attached to an aromatic ring is 1. The zero-order valence-electron chi connectivity index (χ0n) is 11.4. The second kappa shape index (κ2) is 4.77. The molecule has 1 aromatic heterocycles. The van der Waals surface area contributed by atoms with Gasteiger partial charge in [0.15, 0.2) is 5.58 Å². The van der Waals surface area contributed by atoms with Crippen molar-refractivity contribution in [2.75, 3.05) is 30.0 Å². The third kappa shape index (κ3) is 2.25. The van der Waals surface area contributed by atoms with Gasteiger partial charge in [0.2, 0.25) is 0 Å². The van der Waals surface area contributed by atoms with Gasteiger partial charge in [-0.3, -0.25) is 0 Å². The number of aromatic nitrogens is 1. The van der Waals surface area contributed by atoms with Crippen LogP contribution in [0.15, 0.2) is 46.9 Å². The van der Waals surface area contributed by atoms with Gasteiger partial charge in [0.05, 0.1) is 5.69 Å². The van der Waals surface area contributed by atoms with Crippen LogP contribution in [0.25, 0.3) is 11.1 Å². The first-order valence-corrected chi connectivity index (χ1v) is 6.33. The molecule has 0 saturated carbocycles. The molecular weight excluding hydrogens is 252 g/mol. The van der Waals surface area contributed by atoms with Crippen molar-refractivity contribution in [2.24, 2.45) is 0 Å². The van der Waals surface area contributed by atoms with E-state index >= 15 is 0 Å². The van der Waals surface area contributed by atoms with Crippen molar-refractivity contribution in [3.63, 3.8) is 0 Å². The summed E-state index contributed by atoms with van der Waals surface area (Å²) >= 11 is 0. The maximum absolute atomic E-state index is 5.87. The van der Waals surface area contributed by atoms with Gasteiger partial charge in [-0.05, 0) is 30.3 Å². The maximum Gasteiger partial charge on any atom is 0.300 e. The summed E-state index contributed by atoms with van der Waals surface area (Å²) in [6.45, 7) is 0. The van der Waals surface area contributed by atoms with E-state index in [1.165, 1.54) is 0 Å². The topological polar surface area (TPSA) is 67.3 Å². The van der Waals surface area contributed by atoms with Gasteiger partial charge in [-0.25, -0.2) is 0 Å². The number of anilines is 4. The molecule has 0 unspecified atom stereocenters. The highest BCUT2D eigenvalue weighted by Gasteiger charge is 2.08. The number of rotatable bonds is 3. The first-order chi connectivity index (χ1) is 9.63. The lowest BCUT2D eigenvalue weighted by atomic mass is 10.2. The minimum absolute atomic E-state index is 0.439. The summed E-state index contributed by atoms with van der Waals surface area (Å²) in [7, 11) is 4.00. The van der Waals surface area contributed by atoms with Crippen molar-refractivity contribution in [2.45, 2.75) is 0 Å². The van der Waals surface area contributed by atoms with Crippen LogP contribution in [-0.4, -0.2) is 19.1 Å². The number of nitrogens with zero attached hydrogens (tertiary/aromatic N) is 2. The molecule has 0 spiro atoms. The van der Waals surface area contributed by atoms with Gasteiger partial charge in [-0.1, -0.05) is 12.1 Å². The minimum atomic E-state index is 0.439. The van der Waals surface area contributed by atoms with Gasteiger partial charge in [0.25, 0.3) is 6.01 Å². The summed E-state index contributed by atoms with van der Waals surface area (Å²) in [6.07, 6.45) is 0. The van der Waals surface area contributed by atoms with Crippen LogP contribution in [0, 0.1) is 0 Å². The first-order valence-electron chi connectivity index (χ1n) is 6.33. The molecule has 1 heterocycles. The highest BCUT2D eigenvalue weighted by molar-refractivity contribution is 5.86. The molecule has 5 nitrogen and oxygen atoms in total. The number of fused-ring (bicyclic) bond motifs is 1. The molecule has 2 aromatic carbocycles. The molecule has 3 N–H and O–H groups in total. The highest BCUT2D eigenvalue weighted by Crippen LogP contribution is 2.26. The SMILES string of the molecule is CN(C)c1cccc(Nc2nc3c(N)cccc3o2)c1. The monoisotopic (exact) mass is 268 g/mol. The molecule has 3 aromatic rings. The summed E-state index contributed by atoms with van der Waals surface area (Å²) in [5, 5.41) is 3.16. The fourth-order valence-corrected chi connectivity index (χ4v) is 2.01. The average Bonchev–Trinajstić information content (AvgIpc) is 2.83. The van der Waals surface area contributed by atoms with Gasteiger partial charge >= 0.3 is 0 Å². The highest BCUT2D eigenvalue weighted by atomic mass is 16.4. The summed E-state index contributed by atoms with van der Waals surface area (Å²) < 4.78 is 5.64. The van der Waals surface area contributed by atoms with Gasteiger partial charge in [0, 0.05) is 25.5 Å². The van der Waals surface area contributed by atoms with Crippen LogP contribution in [0.3, 0.4) is 0 Å². The molecule has 0 amide bonds. The van der Waals surface area contributed by atoms with E-state index in [2.05, 4.69) is 10.3 Å². The summed E-state index contributed by atoms with van der Waals surface area (Å²) in [5.74, 6) is 0. The van der Waals surface area contributed by atoms with E-state index < -0.39 is 0 Å². The quantitative estimate of drug-likeness (QED) is 0.714. The number of nitrogens with two attached hydrogens (primary N) is 1. The smallest absolute Gasteiger partial charge is 0.300 e. The van der Waals surface area contributed by atoms with E-state index in [1.54, 1.807) is 6.07 Å². The molecule has 3 rings (SSSR count). The van der Waals surface area contributed by atoms with Gasteiger partial charge in [-0.2, -0.15) is 4.98 Å². The Kier molecular flexibility index (Phi) is 2.95. The molecule has 20 heavy (non-hydrogen) atoms. The van der Waals surface area contributed by atoms with Crippen molar-refractivity contribution >= 4 is 34.2 Å². The predicted molar refractivity (Wildman–Crippen MR) is 82.5 cm³/mol. The molecule has 0 aliphatic rings. The lowest BCUT2D eigenvalue weighted by Crippen LogP contribution is -2.08. The standard InChI is InChI=1S/C15H16N4O/c1-19(2)11-6-3-5-10(9-11)17-15-18-14-12(16)7-4-8-13(14)20-15/h3-9H,16H2,1-2H3,(H,17,18). The molecule has 0 bridgehead atoms. The Morgan fingerprint density at radius 3 is 2.70 bits per heavy atom. The van der Waals surface area contributed by atoms with E-state index in [-0.39, 0.29) is 0 Å². The fourth-order valence-electron chi connectivity index (χ4n) is 2.01. The fraction of sp³-hybridized carbons (Fsp3) is 0.133. The molecule has 0 fully saturated rings. The lowest BCUT2D eigenvalue weighted by Gasteiger charge is -2.13. The van der Waals surface area contributed by atoms with Crippen LogP contribution in [-0.2, 0) is 0 Å². The van der Waals surface area contributed by atoms with Gasteiger partial charge in [-0.15, -0.1) is 0 Å². The zero-order chi connectivity index (χ0) is 14.1. The molecule has 0 atom stereocenters. The van der Waals surface area contributed by atoms with Crippen LogP contribution in [0.5, 0.6) is 0 Å². The molecule has 5 heteroatoms. The Labute approximate surface area is 117 Å². The van der Waals surface area contributed by atoms with Crippen LogP contribution in [0.4, 0.5) is 23.1 Å². The molecule has 102 valence electrons. The second-order valence-electron chi connectivity index (χ2n) is 4.78. The van der Waals surface area contributed by atoms with Crippen molar-refractivity contribution in [3.8, 4) is 0 Å². The summed E-state index contributed by atoms with van der Waals surface area (Å²) in [4.78, 5) is 6.40. The molecule has 0 aliphatic heterocycles. The number of nitrogens with one attached hydrogen (secondary N) is 1. The van der Waals surface area contributed by atoms with Crippen LogP contribution in [0.2, 0.25) is 0 Å². The number of oxazole rings is 1. The van der Waals surface area contributed by atoms with E-state index in [4.69, 9.17) is 10.2 Å². The molecule has 0 radical (unpaired) electrons. The summed E-state index contributed by atoms with van der Waals surface area (Å²) in [6, 6.07) is 13.9. The Balaban J connectivity index is 1.93. The largest absolute Gasteiger partial charge is 0.423 e. The normalized spacial score (nSPS) is 10.7. The number of benzene rings is 2. The molecule has 0 saturated heterocycles. The predicted octanol–water partition coefficient (Wildman–Crippen LogP) is 3.22. The Bertz CT molecular complexity index is 748. The van der Waals surface area contributed by atoms with E-state index in [0.29, 0.717) is 22.8 Å². The number of hydrogen-bond donors (Lipinski definition) is 2. The molecular formula is C15H16N4O. The molecule has 0 aliphatic carbocycles. The number of hydrogen-bond acceptors (Lipinski definition) is 5. The van der Waals surface area contributed by atoms with Crippen LogP contribution < -0.4 is 16.0 Å². The maximum atomic E-state index is 5.87. The van der Waals surface area contributed by atoms with E-state index in [9.17, 15) is 0 Å². The second-order valence-corrected chi connectivity index (χ2v) is 4.78.